The van der Waals surface area contributed by atoms with Crippen LogP contribution in [-0.4, -0.2) is 23.8 Å². The van der Waals surface area contributed by atoms with Crippen molar-refractivity contribution in [2.45, 2.75) is 6.18 Å². The molecule has 12 heteroatoms. The molecule has 33 heavy (non-hydrogen) atoms. The van der Waals surface area contributed by atoms with Crippen LogP contribution in [0, 0.1) is 11.6 Å². The molecule has 0 unspecified atom stereocenters. The lowest BCUT2D eigenvalue weighted by molar-refractivity contribution is -0.137. The molecule has 3 N–H and O–H groups in total. The Morgan fingerprint density at radius 3 is 2.30 bits per heavy atom. The van der Waals surface area contributed by atoms with Crippen molar-refractivity contribution < 1.29 is 31.5 Å². The van der Waals surface area contributed by atoms with Crippen LogP contribution in [0.25, 0.3) is 0 Å². The molecule has 0 atom stereocenters. The molecule has 6 nitrogen and oxygen atoms in total. The summed E-state index contributed by atoms with van der Waals surface area (Å²) < 4.78 is 65.8. The zero-order valence-electron chi connectivity index (χ0n) is 16.7. The molecule has 3 rings (SSSR count). The number of pyridine rings is 1. The average molecular weight is 485 g/mol. The molecule has 2 aromatic carbocycles. The molecule has 0 aliphatic carbocycles. The van der Waals surface area contributed by atoms with Gasteiger partial charge in [0, 0.05) is 12.6 Å². The van der Waals surface area contributed by atoms with Crippen LogP contribution in [0.3, 0.4) is 0 Å². The number of carbonyl (C=O) groups is 2. The summed E-state index contributed by atoms with van der Waals surface area (Å²) in [5, 5.41) is 7.47. The van der Waals surface area contributed by atoms with E-state index in [1.165, 1.54) is 25.2 Å². The molecule has 1 heterocycles. The van der Waals surface area contributed by atoms with Gasteiger partial charge in [0.25, 0.3) is 11.8 Å². The van der Waals surface area contributed by atoms with E-state index in [1.807, 2.05) is 0 Å². The summed E-state index contributed by atoms with van der Waals surface area (Å²) in [6, 6.07) is 7.47. The van der Waals surface area contributed by atoms with E-state index in [1.54, 1.807) is 0 Å². The first kappa shape index (κ1) is 23.9. The number of alkyl halides is 3. The number of nitrogens with one attached hydrogen (secondary N) is 3. The van der Waals surface area contributed by atoms with Gasteiger partial charge in [0.1, 0.15) is 17.5 Å². The van der Waals surface area contributed by atoms with Gasteiger partial charge >= 0.3 is 6.18 Å². The summed E-state index contributed by atoms with van der Waals surface area (Å²) in [5.74, 6) is -3.81. The van der Waals surface area contributed by atoms with Crippen LogP contribution in [0.15, 0.2) is 48.5 Å². The third kappa shape index (κ3) is 5.75. The molecule has 0 fully saturated rings. The smallest absolute Gasteiger partial charge is 0.354 e. The number of carbonyl (C=O) groups excluding carboxylic acids is 2. The number of amides is 2. The molecule has 0 bridgehead atoms. The molecular formula is C21H14ClF5N4O2. The molecule has 0 aliphatic rings. The molecule has 0 saturated carbocycles. The minimum Gasteiger partial charge on any atom is -0.354 e. The molecule has 2 amide bonds. The van der Waals surface area contributed by atoms with E-state index in [0.717, 1.165) is 12.1 Å². The topological polar surface area (TPSA) is 83.1 Å². The van der Waals surface area contributed by atoms with Gasteiger partial charge in [-0.2, -0.15) is 13.2 Å². The highest BCUT2D eigenvalue weighted by Gasteiger charge is 2.32. The summed E-state index contributed by atoms with van der Waals surface area (Å²) >= 11 is 6.02. The van der Waals surface area contributed by atoms with Gasteiger partial charge in [-0.3, -0.25) is 9.59 Å². The first-order valence-corrected chi connectivity index (χ1v) is 9.50. The maximum absolute atomic E-state index is 13.6. The summed E-state index contributed by atoms with van der Waals surface area (Å²) in [5.41, 5.74) is -1.92. The number of halogens is 6. The van der Waals surface area contributed by atoms with E-state index in [-0.39, 0.29) is 34.0 Å². The molecule has 3 aromatic rings. The average Bonchev–Trinajstić information content (AvgIpc) is 2.75. The lowest BCUT2D eigenvalue weighted by Gasteiger charge is -2.14. The van der Waals surface area contributed by atoms with Gasteiger partial charge in [-0.25, -0.2) is 13.8 Å². The number of nitrogens with zero attached hydrogens (tertiary/aromatic N) is 1. The number of benzene rings is 2. The fourth-order valence-electron chi connectivity index (χ4n) is 2.73. The van der Waals surface area contributed by atoms with Crippen LogP contribution < -0.4 is 16.0 Å². The van der Waals surface area contributed by atoms with Gasteiger partial charge in [0.05, 0.1) is 22.0 Å². The Morgan fingerprint density at radius 2 is 1.64 bits per heavy atom. The lowest BCUT2D eigenvalue weighted by Crippen LogP contribution is -2.22. The molecule has 0 radical (unpaired) electrons. The first-order valence-electron chi connectivity index (χ1n) is 9.12. The van der Waals surface area contributed by atoms with Gasteiger partial charge in [-0.05, 0) is 48.5 Å². The third-order valence-electron chi connectivity index (χ3n) is 4.26. The highest BCUT2D eigenvalue weighted by atomic mass is 35.5. The van der Waals surface area contributed by atoms with E-state index in [0.29, 0.717) is 12.1 Å². The monoisotopic (exact) mass is 484 g/mol. The minimum absolute atomic E-state index is 0.102. The summed E-state index contributed by atoms with van der Waals surface area (Å²) in [7, 11) is 1.32. The van der Waals surface area contributed by atoms with Crippen molar-refractivity contribution in [3.8, 4) is 0 Å². The van der Waals surface area contributed by atoms with Crippen molar-refractivity contribution in [2.24, 2.45) is 0 Å². The number of hydrogen-bond donors (Lipinski definition) is 3. The third-order valence-corrected chi connectivity index (χ3v) is 4.59. The van der Waals surface area contributed by atoms with Crippen molar-refractivity contribution in [2.75, 3.05) is 17.7 Å². The zero-order valence-corrected chi connectivity index (χ0v) is 17.4. The van der Waals surface area contributed by atoms with Crippen molar-refractivity contribution in [1.82, 2.24) is 10.3 Å². The van der Waals surface area contributed by atoms with E-state index in [2.05, 4.69) is 20.9 Å². The van der Waals surface area contributed by atoms with E-state index < -0.39 is 40.8 Å². The Balaban J connectivity index is 1.92. The summed E-state index contributed by atoms with van der Waals surface area (Å²) in [6.07, 6.45) is -4.85. The molecular weight excluding hydrogens is 471 g/mol. The molecule has 0 saturated heterocycles. The van der Waals surface area contributed by atoms with E-state index >= 15 is 0 Å². The Bertz CT molecular complexity index is 1230. The van der Waals surface area contributed by atoms with Crippen LogP contribution in [0.2, 0.25) is 5.02 Å². The van der Waals surface area contributed by atoms with Crippen molar-refractivity contribution >= 4 is 40.6 Å². The van der Waals surface area contributed by atoms with Crippen LogP contribution in [0.4, 0.5) is 39.1 Å². The van der Waals surface area contributed by atoms with E-state index in [9.17, 15) is 31.5 Å². The molecule has 0 spiro atoms. The molecule has 172 valence electrons. The second-order valence-corrected chi connectivity index (χ2v) is 7.01. The van der Waals surface area contributed by atoms with Crippen LogP contribution in [-0.2, 0) is 6.18 Å². The SMILES string of the molecule is CNC(=O)c1nc(NC(=O)c2cc(F)cc(C(F)(F)F)c2)ccc1Nc1cc(F)ccc1Cl. The highest BCUT2D eigenvalue weighted by molar-refractivity contribution is 6.33. The maximum atomic E-state index is 13.6. The van der Waals surface area contributed by atoms with Crippen LogP contribution in [0.5, 0.6) is 0 Å². The largest absolute Gasteiger partial charge is 0.416 e. The highest BCUT2D eigenvalue weighted by Crippen LogP contribution is 2.31. The molecule has 1 aromatic heterocycles. The Hall–Kier alpha value is -3.73. The summed E-state index contributed by atoms with van der Waals surface area (Å²) in [6.45, 7) is 0. The predicted molar refractivity (Wildman–Crippen MR) is 112 cm³/mol. The van der Waals surface area contributed by atoms with Crippen LogP contribution >= 0.6 is 11.6 Å². The first-order chi connectivity index (χ1) is 15.5. The van der Waals surface area contributed by atoms with Gasteiger partial charge in [0.15, 0.2) is 5.69 Å². The van der Waals surface area contributed by atoms with Gasteiger partial charge in [-0.1, -0.05) is 11.6 Å². The Labute approximate surface area is 188 Å². The maximum Gasteiger partial charge on any atom is 0.416 e. The Kier molecular flexibility index (Phi) is 6.82. The quantitative estimate of drug-likeness (QED) is 0.424. The van der Waals surface area contributed by atoms with E-state index in [4.69, 9.17) is 11.6 Å². The Morgan fingerprint density at radius 1 is 0.909 bits per heavy atom. The lowest BCUT2D eigenvalue weighted by atomic mass is 10.1. The summed E-state index contributed by atoms with van der Waals surface area (Å²) in [4.78, 5) is 28.7. The van der Waals surface area contributed by atoms with Gasteiger partial charge in [-0.15, -0.1) is 0 Å². The minimum atomic E-state index is -4.85. The molecule has 0 aliphatic heterocycles. The van der Waals surface area contributed by atoms with Gasteiger partial charge in [0.2, 0.25) is 0 Å². The zero-order chi connectivity index (χ0) is 24.3. The van der Waals surface area contributed by atoms with Crippen LogP contribution in [0.1, 0.15) is 26.4 Å². The fourth-order valence-corrected chi connectivity index (χ4v) is 2.90. The number of aromatic nitrogens is 1. The normalized spacial score (nSPS) is 11.1. The fraction of sp³-hybridized carbons (Fsp3) is 0.0952. The second kappa shape index (κ2) is 9.41. The number of hydrogen-bond acceptors (Lipinski definition) is 4. The van der Waals surface area contributed by atoms with Crippen molar-refractivity contribution in [3.05, 3.63) is 82.0 Å². The van der Waals surface area contributed by atoms with Crippen molar-refractivity contribution in [3.63, 3.8) is 0 Å². The second-order valence-electron chi connectivity index (χ2n) is 6.60. The predicted octanol–water partition coefficient (Wildman–Crippen LogP) is 5.39. The number of rotatable bonds is 5. The van der Waals surface area contributed by atoms with Crippen molar-refractivity contribution in [1.29, 1.82) is 0 Å². The standard InChI is InChI=1S/C21H14ClF5N4O2/c1-28-20(33)18-15(29-16-9-12(23)2-3-14(16)22)4-5-17(30-18)31-19(32)10-6-11(21(25,26)27)8-13(24)7-10/h2-9,29H,1H3,(H,28,33)(H,30,31,32). The number of anilines is 3. The van der Waals surface area contributed by atoms with Gasteiger partial charge < -0.3 is 16.0 Å².